The molecule has 0 aliphatic carbocycles. The molecular formula is C53H30N4OS. The van der Waals surface area contributed by atoms with Gasteiger partial charge in [-0.1, -0.05) is 140 Å². The smallest absolute Gasteiger partial charge is 0.164 e. The monoisotopic (exact) mass is 770 g/mol. The lowest BCUT2D eigenvalue weighted by Gasteiger charge is -2.13. The summed E-state index contributed by atoms with van der Waals surface area (Å²) >= 11 is 1.86. The van der Waals surface area contributed by atoms with E-state index in [-0.39, 0.29) is 0 Å². The molecule has 0 saturated carbocycles. The van der Waals surface area contributed by atoms with Crippen LogP contribution in [0.1, 0.15) is 0 Å². The zero-order valence-electron chi connectivity index (χ0n) is 31.4. The summed E-state index contributed by atoms with van der Waals surface area (Å²) in [7, 11) is 0. The maximum atomic E-state index is 6.87. The van der Waals surface area contributed by atoms with Crippen molar-refractivity contribution in [2.75, 3.05) is 0 Å². The van der Waals surface area contributed by atoms with Gasteiger partial charge in [-0.25, -0.2) is 15.0 Å². The first-order valence-electron chi connectivity index (χ1n) is 19.8. The van der Waals surface area contributed by atoms with Crippen molar-refractivity contribution in [1.82, 2.24) is 19.5 Å². The van der Waals surface area contributed by atoms with Gasteiger partial charge in [-0.15, -0.1) is 11.3 Å². The van der Waals surface area contributed by atoms with E-state index in [9.17, 15) is 0 Å². The summed E-state index contributed by atoms with van der Waals surface area (Å²) in [6.45, 7) is 0. The zero-order valence-corrected chi connectivity index (χ0v) is 32.2. The standard InChI is InChI=1S/C53H30N4OS/c1-2-14-32(15-3-1)51-54-52(34-26-25-31-13-4-5-16-33(31)29-34)56-53(55-51)39-21-12-23-44-47(39)40-30-43(35-17-6-7-18-36(35)50(40)58-44)57-41-22-10-8-19-37(41)48-42(57)27-28-46-49(48)38-20-9-11-24-45(38)59-46/h1-30H. The molecule has 0 aliphatic rings. The fraction of sp³-hybridized carbons (Fsp3) is 0. The second kappa shape index (κ2) is 12.4. The first-order valence-corrected chi connectivity index (χ1v) is 20.6. The van der Waals surface area contributed by atoms with E-state index in [2.05, 4.69) is 150 Å². The van der Waals surface area contributed by atoms with Crippen LogP contribution in [0.15, 0.2) is 186 Å². The largest absolute Gasteiger partial charge is 0.455 e. The predicted octanol–water partition coefficient (Wildman–Crippen LogP) is 14.5. The van der Waals surface area contributed by atoms with Crippen LogP contribution in [0.5, 0.6) is 0 Å². The van der Waals surface area contributed by atoms with Crippen molar-refractivity contribution in [2.45, 2.75) is 0 Å². The third kappa shape index (κ3) is 4.81. The summed E-state index contributed by atoms with van der Waals surface area (Å²) in [5, 5.41) is 11.6. The van der Waals surface area contributed by atoms with E-state index < -0.39 is 0 Å². The minimum atomic E-state index is 0.591. The Hall–Kier alpha value is -7.67. The van der Waals surface area contributed by atoms with Crippen molar-refractivity contribution >= 4 is 96.8 Å². The normalized spacial score (nSPS) is 12.1. The quantitative estimate of drug-likeness (QED) is 0.179. The van der Waals surface area contributed by atoms with Gasteiger partial charge in [-0.2, -0.15) is 0 Å². The second-order valence-electron chi connectivity index (χ2n) is 15.1. The van der Waals surface area contributed by atoms with Gasteiger partial charge in [0.1, 0.15) is 11.2 Å². The Morgan fingerprint density at radius 3 is 2.00 bits per heavy atom. The van der Waals surface area contributed by atoms with Crippen LogP contribution in [-0.2, 0) is 0 Å². The molecule has 0 spiro atoms. The fourth-order valence-corrected chi connectivity index (χ4v) is 10.3. The van der Waals surface area contributed by atoms with E-state index in [0.717, 1.165) is 66.0 Å². The minimum Gasteiger partial charge on any atom is -0.455 e. The Morgan fingerprint density at radius 2 is 1.12 bits per heavy atom. The molecule has 13 aromatic rings. The number of thiophene rings is 1. The molecule has 0 unspecified atom stereocenters. The molecular weight excluding hydrogens is 741 g/mol. The molecule has 6 heteroatoms. The van der Waals surface area contributed by atoms with Gasteiger partial charge in [0.05, 0.1) is 16.7 Å². The lowest BCUT2D eigenvalue weighted by Crippen LogP contribution is -2.00. The summed E-state index contributed by atoms with van der Waals surface area (Å²) in [6, 6.07) is 64.2. The molecule has 0 aliphatic heterocycles. The van der Waals surface area contributed by atoms with Gasteiger partial charge in [0.25, 0.3) is 0 Å². The fourth-order valence-electron chi connectivity index (χ4n) is 9.20. The number of rotatable bonds is 4. The predicted molar refractivity (Wildman–Crippen MR) is 246 cm³/mol. The molecule has 9 aromatic carbocycles. The number of fused-ring (bicyclic) bond motifs is 13. The Morgan fingerprint density at radius 1 is 0.407 bits per heavy atom. The van der Waals surface area contributed by atoms with Crippen LogP contribution in [0.2, 0.25) is 0 Å². The molecule has 4 aromatic heterocycles. The topological polar surface area (TPSA) is 56.7 Å². The average molecular weight is 771 g/mol. The van der Waals surface area contributed by atoms with Crippen molar-refractivity contribution in [3.8, 4) is 39.9 Å². The first-order chi connectivity index (χ1) is 29.2. The van der Waals surface area contributed by atoms with Crippen molar-refractivity contribution < 1.29 is 4.42 Å². The van der Waals surface area contributed by atoms with E-state index in [4.69, 9.17) is 19.4 Å². The van der Waals surface area contributed by atoms with E-state index in [1.165, 1.54) is 41.8 Å². The summed E-state index contributed by atoms with van der Waals surface area (Å²) in [4.78, 5) is 15.5. The molecule has 0 fully saturated rings. The molecule has 0 bridgehead atoms. The summed E-state index contributed by atoms with van der Waals surface area (Å²) < 4.78 is 11.9. The molecule has 5 nitrogen and oxygen atoms in total. The average Bonchev–Trinajstić information content (AvgIpc) is 3.98. The van der Waals surface area contributed by atoms with Crippen molar-refractivity contribution in [2.24, 2.45) is 0 Å². The van der Waals surface area contributed by atoms with Gasteiger partial charge in [-0.05, 0) is 53.2 Å². The third-order valence-electron chi connectivity index (χ3n) is 11.8. The Labute approximate surface area is 341 Å². The molecule has 0 amide bonds. The highest BCUT2D eigenvalue weighted by atomic mass is 32.1. The Bertz CT molecular complexity index is 3860. The van der Waals surface area contributed by atoms with Crippen molar-refractivity contribution in [3.63, 3.8) is 0 Å². The summed E-state index contributed by atoms with van der Waals surface area (Å²) in [6.07, 6.45) is 0. The highest BCUT2D eigenvalue weighted by Crippen LogP contribution is 2.46. The van der Waals surface area contributed by atoms with Gasteiger partial charge < -0.3 is 8.98 Å². The highest BCUT2D eigenvalue weighted by Gasteiger charge is 2.23. The molecule has 0 radical (unpaired) electrons. The Kier molecular flexibility index (Phi) is 6.82. The minimum absolute atomic E-state index is 0.591. The van der Waals surface area contributed by atoms with E-state index in [1.54, 1.807) is 0 Å². The second-order valence-corrected chi connectivity index (χ2v) is 16.2. The van der Waals surface area contributed by atoms with E-state index >= 15 is 0 Å². The van der Waals surface area contributed by atoms with Gasteiger partial charge in [0.15, 0.2) is 17.5 Å². The lowest BCUT2D eigenvalue weighted by molar-refractivity contribution is 0.672. The van der Waals surface area contributed by atoms with Gasteiger partial charge >= 0.3 is 0 Å². The SMILES string of the molecule is c1ccc(-c2nc(-c3ccc4ccccc4c3)nc(-c3cccc4oc5c6ccccc6c(-n6c7ccccc7c7c8c(ccc76)sc6ccccc68)cc5c34)n2)cc1. The molecule has 0 atom stereocenters. The molecule has 0 N–H and O–H groups in total. The van der Waals surface area contributed by atoms with Crippen molar-refractivity contribution in [3.05, 3.63) is 182 Å². The van der Waals surface area contributed by atoms with Crippen LogP contribution in [0.25, 0.3) is 125 Å². The van der Waals surface area contributed by atoms with E-state index in [1.807, 2.05) is 47.7 Å². The molecule has 274 valence electrons. The maximum Gasteiger partial charge on any atom is 0.164 e. The van der Waals surface area contributed by atoms with Crippen LogP contribution in [0, 0.1) is 0 Å². The van der Waals surface area contributed by atoms with Crippen LogP contribution in [0.4, 0.5) is 0 Å². The van der Waals surface area contributed by atoms with Crippen LogP contribution < -0.4 is 0 Å². The molecule has 59 heavy (non-hydrogen) atoms. The lowest BCUT2D eigenvalue weighted by atomic mass is 10.0. The highest BCUT2D eigenvalue weighted by molar-refractivity contribution is 7.26. The van der Waals surface area contributed by atoms with Gasteiger partial charge in [0.2, 0.25) is 0 Å². The van der Waals surface area contributed by atoms with Crippen LogP contribution >= 0.6 is 11.3 Å². The van der Waals surface area contributed by atoms with Gasteiger partial charge in [0, 0.05) is 69.2 Å². The number of hydrogen-bond acceptors (Lipinski definition) is 5. The van der Waals surface area contributed by atoms with Gasteiger partial charge in [-0.3, -0.25) is 0 Å². The number of aromatic nitrogens is 4. The number of benzene rings is 9. The molecule has 13 rings (SSSR count). The maximum absolute atomic E-state index is 6.87. The first kappa shape index (κ1) is 32.4. The Balaban J connectivity index is 1.11. The van der Waals surface area contributed by atoms with Crippen LogP contribution in [-0.4, -0.2) is 19.5 Å². The number of nitrogens with zero attached hydrogens (tertiary/aromatic N) is 4. The number of furan rings is 1. The number of para-hydroxylation sites is 1. The summed E-state index contributed by atoms with van der Waals surface area (Å²) in [5.41, 5.74) is 7.78. The van der Waals surface area contributed by atoms with Crippen molar-refractivity contribution in [1.29, 1.82) is 0 Å². The molecule has 0 saturated heterocycles. The van der Waals surface area contributed by atoms with E-state index in [0.29, 0.717) is 17.5 Å². The summed E-state index contributed by atoms with van der Waals surface area (Å²) in [5.74, 6) is 1.83. The zero-order chi connectivity index (χ0) is 38.6. The molecule has 4 heterocycles. The van der Waals surface area contributed by atoms with Crippen LogP contribution in [0.3, 0.4) is 0 Å². The number of hydrogen-bond donors (Lipinski definition) is 0. The third-order valence-corrected chi connectivity index (χ3v) is 13.0.